The molecule has 0 radical (unpaired) electrons. The summed E-state index contributed by atoms with van der Waals surface area (Å²) < 4.78 is 0. The SMILES string of the molecule is C[Si](C)(C)[N-]CC[N-][Si](C)(C)C.C[Si](C)(C)[Si](C)(C)C.[Nd]. The van der Waals surface area contributed by atoms with Crippen LogP contribution in [0, 0.1) is 40.8 Å². The van der Waals surface area contributed by atoms with Crippen LogP contribution in [0.1, 0.15) is 0 Å². The second kappa shape index (κ2) is 10.9. The van der Waals surface area contributed by atoms with Gasteiger partial charge in [-0.05, 0) is 0 Å². The molecule has 0 spiro atoms. The van der Waals surface area contributed by atoms with Crippen LogP contribution in [-0.4, -0.2) is 44.7 Å². The fourth-order valence-electron chi connectivity index (χ4n) is 0.771. The molecule has 128 valence electrons. The van der Waals surface area contributed by atoms with Gasteiger partial charge in [-0.3, -0.25) is 0 Å². The van der Waals surface area contributed by atoms with Crippen LogP contribution >= 0.6 is 0 Å². The van der Waals surface area contributed by atoms with E-state index in [1.54, 1.807) is 0 Å². The van der Waals surface area contributed by atoms with E-state index in [0.29, 0.717) is 0 Å². The van der Waals surface area contributed by atoms with Crippen LogP contribution in [0.3, 0.4) is 0 Å². The van der Waals surface area contributed by atoms with Gasteiger partial charge in [-0.25, -0.2) is 0 Å². The minimum absolute atomic E-state index is 0. The largest absolute Gasteiger partial charge is 0.666 e. The summed E-state index contributed by atoms with van der Waals surface area (Å²) in [6, 6.07) is 0. The Morgan fingerprint density at radius 1 is 0.476 bits per heavy atom. The minimum Gasteiger partial charge on any atom is -0.666 e. The average Bonchev–Trinajstić information content (AvgIpc) is 2.07. The molecule has 0 saturated carbocycles. The maximum atomic E-state index is 4.63. The van der Waals surface area contributed by atoms with Crippen molar-refractivity contribution in [1.82, 2.24) is 0 Å². The first-order valence-corrected chi connectivity index (χ1v) is 22.7. The monoisotopic (exact) mass is 490 g/mol. The first kappa shape index (κ1) is 28.0. The van der Waals surface area contributed by atoms with Gasteiger partial charge in [-0.15, -0.1) is 0 Å². The third-order valence-electron chi connectivity index (χ3n) is 3.52. The number of nitrogens with zero attached hydrogens (tertiary/aromatic N) is 2. The van der Waals surface area contributed by atoms with E-state index in [2.05, 4.69) is 88.5 Å². The predicted octanol–water partition coefficient (Wildman–Crippen LogP) is 6.14. The maximum Gasteiger partial charge on any atom is 0.0379 e. The summed E-state index contributed by atoms with van der Waals surface area (Å²) in [5.74, 6) is 0. The van der Waals surface area contributed by atoms with Crippen molar-refractivity contribution in [1.29, 1.82) is 0 Å². The normalized spacial score (nSPS) is 13.1. The predicted molar refractivity (Wildman–Crippen MR) is 110 cm³/mol. The van der Waals surface area contributed by atoms with E-state index in [0.717, 1.165) is 13.1 Å². The van der Waals surface area contributed by atoms with Crippen molar-refractivity contribution in [2.75, 3.05) is 13.1 Å². The van der Waals surface area contributed by atoms with Gasteiger partial charge in [-0.1, -0.05) is 95.0 Å². The van der Waals surface area contributed by atoms with Gasteiger partial charge in [0.1, 0.15) is 0 Å². The van der Waals surface area contributed by atoms with Crippen LogP contribution in [0.2, 0.25) is 78.6 Å². The molecule has 0 bridgehead atoms. The van der Waals surface area contributed by atoms with Gasteiger partial charge in [0.25, 0.3) is 0 Å². The number of rotatable bonds is 6. The summed E-state index contributed by atoms with van der Waals surface area (Å²) in [7, 11) is -3.79. The molecule has 21 heavy (non-hydrogen) atoms. The second-order valence-electron chi connectivity index (χ2n) is 9.61. The Hall–Kier alpha value is 2.14. The topological polar surface area (TPSA) is 28.2 Å². The number of hydrogen-bond donors (Lipinski definition) is 0. The molecule has 0 rings (SSSR count). The van der Waals surface area contributed by atoms with E-state index >= 15 is 0 Å². The first-order chi connectivity index (χ1) is 8.46. The smallest absolute Gasteiger partial charge is 0.0379 e. The summed E-state index contributed by atoms with van der Waals surface area (Å²) in [6.45, 7) is 30.3. The van der Waals surface area contributed by atoms with Crippen LogP contribution in [-0.2, 0) is 0 Å². The van der Waals surface area contributed by atoms with Gasteiger partial charge in [-0.2, -0.15) is 13.1 Å². The van der Waals surface area contributed by atoms with Gasteiger partial charge in [0, 0.05) is 56.0 Å². The molecule has 0 atom stereocenters. The molecule has 0 aromatic carbocycles. The molecule has 0 aliphatic rings. The molecule has 0 fully saturated rings. The summed E-state index contributed by atoms with van der Waals surface area (Å²) in [5, 5.41) is 0. The van der Waals surface area contributed by atoms with Gasteiger partial charge in [0.15, 0.2) is 0 Å². The zero-order valence-corrected chi connectivity index (χ0v) is 24.0. The molecule has 7 heteroatoms. The molecule has 0 heterocycles. The van der Waals surface area contributed by atoms with Gasteiger partial charge >= 0.3 is 0 Å². The minimum atomic E-state index is -1.17. The van der Waals surface area contributed by atoms with Crippen molar-refractivity contribution < 1.29 is 40.8 Å². The molecular formula is C14H40N2NdSi4-2. The van der Waals surface area contributed by atoms with Crippen molar-refractivity contribution in [2.24, 2.45) is 0 Å². The zero-order valence-electron chi connectivity index (χ0n) is 16.8. The Kier molecular flexibility index (Phi) is 14.5. The zero-order chi connectivity index (χ0) is 16.8. The molecular weight excluding hydrogens is 453 g/mol. The summed E-state index contributed by atoms with van der Waals surface area (Å²) in [4.78, 5) is 9.25. The molecule has 0 aliphatic heterocycles. The molecule has 0 aliphatic carbocycles. The van der Waals surface area contributed by atoms with Crippen LogP contribution in [0.15, 0.2) is 0 Å². The maximum absolute atomic E-state index is 4.63. The van der Waals surface area contributed by atoms with Crippen LogP contribution in [0.4, 0.5) is 0 Å². The van der Waals surface area contributed by atoms with Crippen molar-refractivity contribution in [3.8, 4) is 0 Å². The van der Waals surface area contributed by atoms with E-state index < -0.39 is 31.7 Å². The second-order valence-corrected chi connectivity index (χ2v) is 36.9. The van der Waals surface area contributed by atoms with Gasteiger partial charge in [0.05, 0.1) is 0 Å². The summed E-state index contributed by atoms with van der Waals surface area (Å²) >= 11 is 0. The molecule has 0 N–H and O–H groups in total. The third kappa shape index (κ3) is 22.1. The Morgan fingerprint density at radius 3 is 0.762 bits per heavy atom. The Labute approximate surface area is 172 Å². The fourth-order valence-corrected chi connectivity index (χ4v) is 2.31. The van der Waals surface area contributed by atoms with E-state index in [1.807, 2.05) is 0 Å². The van der Waals surface area contributed by atoms with E-state index in [1.165, 1.54) is 0 Å². The molecule has 2 nitrogen and oxygen atoms in total. The van der Waals surface area contributed by atoms with Gasteiger partial charge in [0.2, 0.25) is 0 Å². The molecule has 0 aromatic heterocycles. The van der Waals surface area contributed by atoms with Crippen molar-refractivity contribution >= 4 is 31.7 Å². The Bertz CT molecular complexity index is 232. The van der Waals surface area contributed by atoms with Gasteiger partial charge < -0.3 is 9.96 Å². The Balaban J connectivity index is -0.000000317. The Morgan fingerprint density at radius 2 is 0.667 bits per heavy atom. The fraction of sp³-hybridized carbons (Fsp3) is 1.00. The first-order valence-electron chi connectivity index (χ1n) is 7.83. The third-order valence-corrected chi connectivity index (χ3v) is 23.9. The summed E-state index contributed by atoms with van der Waals surface area (Å²) in [6.07, 6.45) is 0. The van der Waals surface area contributed by atoms with E-state index in [9.17, 15) is 0 Å². The van der Waals surface area contributed by atoms with Crippen LogP contribution in [0.5, 0.6) is 0 Å². The van der Waals surface area contributed by atoms with Crippen LogP contribution < -0.4 is 0 Å². The molecule has 0 unspecified atom stereocenters. The van der Waals surface area contributed by atoms with Crippen molar-refractivity contribution in [3.63, 3.8) is 0 Å². The molecule has 0 amide bonds. The van der Waals surface area contributed by atoms with Crippen molar-refractivity contribution in [3.05, 3.63) is 9.96 Å². The standard InChI is InChI=1S/C8H22N2Si2.C6H18Si2.Nd/c1-11(2,3)9-7-8-10-12(4,5)6;1-7(2,3)8(4,5)6;/h7-8H2,1-6H3;1-6H3;/q-2;;. The summed E-state index contributed by atoms with van der Waals surface area (Å²) in [5.41, 5.74) is 0. The average molecular weight is 493 g/mol. The van der Waals surface area contributed by atoms with E-state index in [-0.39, 0.29) is 40.8 Å². The molecule has 0 aromatic rings. The quantitative estimate of drug-likeness (QED) is 0.314. The van der Waals surface area contributed by atoms with Crippen molar-refractivity contribution in [2.45, 2.75) is 78.6 Å². The molecule has 0 saturated heterocycles. The van der Waals surface area contributed by atoms with E-state index in [4.69, 9.17) is 0 Å². The number of hydrogen-bond acceptors (Lipinski definition) is 0. The van der Waals surface area contributed by atoms with Crippen LogP contribution in [0.25, 0.3) is 9.96 Å².